The Morgan fingerprint density at radius 3 is 2.67 bits per heavy atom. The van der Waals surface area contributed by atoms with E-state index >= 15 is 0 Å². The average molecular weight is 400 g/mol. The molecule has 3 heterocycles. The van der Waals surface area contributed by atoms with Gasteiger partial charge in [0.2, 0.25) is 15.7 Å². The minimum atomic E-state index is -3.77. The van der Waals surface area contributed by atoms with E-state index in [9.17, 15) is 13.2 Å². The maximum atomic E-state index is 13.1. The van der Waals surface area contributed by atoms with Gasteiger partial charge in [0.1, 0.15) is 10.6 Å². The highest BCUT2D eigenvalue weighted by Gasteiger charge is 2.34. The van der Waals surface area contributed by atoms with Gasteiger partial charge in [0.05, 0.1) is 17.7 Å². The lowest BCUT2D eigenvalue weighted by molar-refractivity contribution is -0.116. The van der Waals surface area contributed by atoms with Crippen LogP contribution in [0.1, 0.15) is 22.8 Å². The third kappa shape index (κ3) is 3.11. The molecule has 1 amide bonds. The van der Waals surface area contributed by atoms with Crippen molar-refractivity contribution >= 4 is 32.8 Å². The molecule has 1 aromatic carbocycles. The molecule has 4 rings (SSSR count). The van der Waals surface area contributed by atoms with E-state index in [1.807, 2.05) is 12.1 Å². The minimum absolute atomic E-state index is 0.120. The van der Waals surface area contributed by atoms with E-state index in [2.05, 4.69) is 10.3 Å². The summed E-state index contributed by atoms with van der Waals surface area (Å²) in [5, 5.41) is 4.35. The zero-order valence-corrected chi connectivity index (χ0v) is 16.0. The Morgan fingerprint density at radius 2 is 2.00 bits per heavy atom. The summed E-state index contributed by atoms with van der Waals surface area (Å²) in [5.41, 5.74) is 1.27. The number of amides is 1. The standard InChI is InChI=1S/C19H16N2O4S2/c1-25-13-4-6-14(7-5-13)27(23,24)16-11-26-19-15(9-17(22)21-18(16)19)12-3-2-8-20-10-12/h2-8,10-11,15H,9H2,1H3,(H,21,22). The van der Waals surface area contributed by atoms with Crippen molar-refractivity contribution in [1.82, 2.24) is 4.98 Å². The molecule has 1 atom stereocenters. The lowest BCUT2D eigenvalue weighted by Crippen LogP contribution is -2.23. The molecule has 0 saturated heterocycles. The Balaban J connectivity index is 1.80. The number of thiophene rings is 1. The summed E-state index contributed by atoms with van der Waals surface area (Å²) in [6.07, 6.45) is 3.65. The smallest absolute Gasteiger partial charge is 0.225 e. The highest BCUT2D eigenvalue weighted by molar-refractivity contribution is 7.91. The van der Waals surface area contributed by atoms with E-state index in [1.165, 1.54) is 30.6 Å². The van der Waals surface area contributed by atoms with Gasteiger partial charge in [-0.05, 0) is 35.9 Å². The van der Waals surface area contributed by atoms with E-state index in [-0.39, 0.29) is 28.0 Å². The fraction of sp³-hybridized carbons (Fsp3) is 0.158. The number of hydrogen-bond acceptors (Lipinski definition) is 6. The molecule has 0 radical (unpaired) electrons. The van der Waals surface area contributed by atoms with Gasteiger partial charge in [0.25, 0.3) is 0 Å². The van der Waals surface area contributed by atoms with Crippen molar-refractivity contribution in [2.45, 2.75) is 22.1 Å². The van der Waals surface area contributed by atoms with Crippen LogP contribution in [0.15, 0.2) is 64.0 Å². The van der Waals surface area contributed by atoms with Crippen molar-refractivity contribution in [3.8, 4) is 5.75 Å². The maximum absolute atomic E-state index is 13.1. The van der Waals surface area contributed by atoms with Crippen LogP contribution in [0, 0.1) is 0 Å². The molecular weight excluding hydrogens is 384 g/mol. The van der Waals surface area contributed by atoms with Crippen LogP contribution in [-0.4, -0.2) is 26.4 Å². The Kier molecular flexibility index (Phi) is 4.45. The Hall–Kier alpha value is -2.71. The SMILES string of the molecule is COc1ccc(S(=O)(=O)c2csc3c2NC(=O)CC3c2cccnc2)cc1. The van der Waals surface area contributed by atoms with Crippen molar-refractivity contribution in [3.63, 3.8) is 0 Å². The molecule has 3 aromatic rings. The molecular formula is C19H16N2O4S2. The summed E-state index contributed by atoms with van der Waals surface area (Å²) >= 11 is 1.34. The summed E-state index contributed by atoms with van der Waals surface area (Å²) in [5.74, 6) is 0.166. The van der Waals surface area contributed by atoms with Gasteiger partial charge in [-0.3, -0.25) is 9.78 Å². The van der Waals surface area contributed by atoms with Crippen molar-refractivity contribution in [1.29, 1.82) is 0 Å². The van der Waals surface area contributed by atoms with E-state index in [0.29, 0.717) is 11.4 Å². The van der Waals surface area contributed by atoms with Crippen LogP contribution in [0.4, 0.5) is 5.69 Å². The highest BCUT2D eigenvalue weighted by atomic mass is 32.2. The number of sulfone groups is 1. The molecule has 8 heteroatoms. The van der Waals surface area contributed by atoms with Crippen LogP contribution in [0.2, 0.25) is 0 Å². The summed E-state index contributed by atoms with van der Waals surface area (Å²) in [6.45, 7) is 0. The molecule has 0 spiro atoms. The molecule has 0 fully saturated rings. The molecule has 1 unspecified atom stereocenters. The number of nitrogens with one attached hydrogen (secondary N) is 1. The third-order valence-electron chi connectivity index (χ3n) is 4.50. The van der Waals surface area contributed by atoms with Crippen LogP contribution in [0.25, 0.3) is 0 Å². The Bertz CT molecular complexity index is 1090. The predicted octanol–water partition coefficient (Wildman–Crippen LogP) is 3.46. The van der Waals surface area contributed by atoms with Crippen LogP contribution in [0.5, 0.6) is 5.75 Å². The second kappa shape index (κ2) is 6.79. The summed E-state index contributed by atoms with van der Waals surface area (Å²) in [6, 6.07) is 9.91. The number of rotatable bonds is 4. The molecule has 27 heavy (non-hydrogen) atoms. The molecule has 138 valence electrons. The zero-order valence-electron chi connectivity index (χ0n) is 14.4. The van der Waals surface area contributed by atoms with Gasteiger partial charge in [-0.1, -0.05) is 6.07 Å². The number of pyridine rings is 1. The van der Waals surface area contributed by atoms with Gasteiger partial charge >= 0.3 is 0 Å². The van der Waals surface area contributed by atoms with E-state index in [1.54, 1.807) is 29.9 Å². The molecule has 1 aliphatic rings. The van der Waals surface area contributed by atoms with Gasteiger partial charge in [0.15, 0.2) is 0 Å². The molecule has 0 aliphatic carbocycles. The Morgan fingerprint density at radius 1 is 1.22 bits per heavy atom. The number of hydrogen-bond donors (Lipinski definition) is 1. The topological polar surface area (TPSA) is 85.4 Å². The number of aromatic nitrogens is 1. The van der Waals surface area contributed by atoms with Crippen LogP contribution in [0.3, 0.4) is 0 Å². The first kappa shape index (κ1) is 17.7. The maximum Gasteiger partial charge on any atom is 0.225 e. The van der Waals surface area contributed by atoms with E-state index in [0.717, 1.165) is 10.4 Å². The number of nitrogens with zero attached hydrogens (tertiary/aromatic N) is 1. The molecule has 0 bridgehead atoms. The predicted molar refractivity (Wildman–Crippen MR) is 102 cm³/mol. The van der Waals surface area contributed by atoms with Crippen LogP contribution >= 0.6 is 11.3 Å². The molecule has 2 aromatic heterocycles. The summed E-state index contributed by atoms with van der Waals surface area (Å²) < 4.78 is 31.3. The number of benzene rings is 1. The van der Waals surface area contributed by atoms with Gasteiger partial charge in [-0.25, -0.2) is 8.42 Å². The average Bonchev–Trinajstić information content (AvgIpc) is 3.12. The van der Waals surface area contributed by atoms with Gasteiger partial charge in [-0.15, -0.1) is 11.3 Å². The lowest BCUT2D eigenvalue weighted by Gasteiger charge is -2.23. The summed E-state index contributed by atoms with van der Waals surface area (Å²) in [4.78, 5) is 17.5. The lowest BCUT2D eigenvalue weighted by atomic mass is 9.92. The van der Waals surface area contributed by atoms with Gasteiger partial charge in [-0.2, -0.15) is 0 Å². The van der Waals surface area contributed by atoms with Crippen LogP contribution in [-0.2, 0) is 14.6 Å². The normalized spacial score (nSPS) is 16.5. The van der Waals surface area contributed by atoms with Gasteiger partial charge in [0, 0.05) is 35.0 Å². The summed E-state index contributed by atoms with van der Waals surface area (Å²) in [7, 11) is -2.25. The number of ether oxygens (including phenoxy) is 1. The van der Waals surface area contributed by atoms with Crippen LogP contribution < -0.4 is 10.1 Å². The van der Waals surface area contributed by atoms with Gasteiger partial charge < -0.3 is 10.1 Å². The van der Waals surface area contributed by atoms with Crippen molar-refractivity contribution < 1.29 is 17.9 Å². The first-order valence-electron chi connectivity index (χ1n) is 8.21. The zero-order chi connectivity index (χ0) is 19.0. The highest BCUT2D eigenvalue weighted by Crippen LogP contribution is 2.45. The molecule has 0 saturated carbocycles. The fourth-order valence-electron chi connectivity index (χ4n) is 3.14. The van der Waals surface area contributed by atoms with Crippen molar-refractivity contribution in [3.05, 3.63) is 64.6 Å². The first-order chi connectivity index (χ1) is 13.0. The third-order valence-corrected chi connectivity index (χ3v) is 7.54. The second-order valence-corrected chi connectivity index (χ2v) is 8.94. The number of carbonyl (C=O) groups excluding carboxylic acids is 1. The minimum Gasteiger partial charge on any atom is -0.497 e. The number of anilines is 1. The largest absolute Gasteiger partial charge is 0.497 e. The van der Waals surface area contributed by atoms with Crippen molar-refractivity contribution in [2.24, 2.45) is 0 Å². The number of carbonyl (C=O) groups is 1. The molecule has 6 nitrogen and oxygen atoms in total. The molecule has 1 aliphatic heterocycles. The van der Waals surface area contributed by atoms with E-state index < -0.39 is 9.84 Å². The second-order valence-electron chi connectivity index (χ2n) is 6.11. The number of fused-ring (bicyclic) bond motifs is 1. The van der Waals surface area contributed by atoms with Crippen molar-refractivity contribution in [2.75, 3.05) is 12.4 Å². The fourth-order valence-corrected chi connectivity index (χ4v) is 6.04. The monoisotopic (exact) mass is 400 g/mol. The Labute approximate surface area is 160 Å². The quantitative estimate of drug-likeness (QED) is 0.725. The van der Waals surface area contributed by atoms with E-state index in [4.69, 9.17) is 4.74 Å². The molecule has 1 N–H and O–H groups in total. The number of methoxy groups -OCH3 is 1. The first-order valence-corrected chi connectivity index (χ1v) is 10.6.